The van der Waals surface area contributed by atoms with E-state index in [1.54, 1.807) is 6.07 Å². The first kappa shape index (κ1) is 13.7. The van der Waals surface area contributed by atoms with Crippen molar-refractivity contribution in [3.05, 3.63) is 23.8 Å². The second-order valence-electron chi connectivity index (χ2n) is 5.19. The summed E-state index contributed by atoms with van der Waals surface area (Å²) < 4.78 is 0. The number of hydrogen-bond donors (Lipinski definition) is 1. The van der Waals surface area contributed by atoms with Gasteiger partial charge in [-0.1, -0.05) is 6.92 Å². The highest BCUT2D eigenvalue weighted by Crippen LogP contribution is 2.23. The van der Waals surface area contributed by atoms with Crippen LogP contribution in [0.2, 0.25) is 0 Å². The third-order valence-corrected chi connectivity index (χ3v) is 3.99. The van der Waals surface area contributed by atoms with Crippen molar-refractivity contribution < 1.29 is 0 Å². The van der Waals surface area contributed by atoms with Gasteiger partial charge in [0.15, 0.2) is 0 Å². The molecule has 1 aliphatic rings. The molecule has 1 saturated heterocycles. The van der Waals surface area contributed by atoms with E-state index in [1.807, 2.05) is 12.1 Å². The number of nitrogen functional groups attached to an aromatic ring is 1. The van der Waals surface area contributed by atoms with Crippen molar-refractivity contribution >= 4 is 11.4 Å². The second-order valence-corrected chi connectivity index (χ2v) is 5.19. The lowest BCUT2D eigenvalue weighted by atomic mass is 10.1. The first-order chi connectivity index (χ1) is 9.15. The Kier molecular flexibility index (Phi) is 4.28. The molecule has 1 atom stereocenters. The molecule has 1 aromatic carbocycles. The minimum Gasteiger partial charge on any atom is -0.398 e. The maximum absolute atomic E-state index is 8.89. The van der Waals surface area contributed by atoms with Crippen molar-refractivity contribution in [1.29, 1.82) is 5.26 Å². The Labute approximate surface area is 115 Å². The number of benzene rings is 1. The minimum absolute atomic E-state index is 0.549. The number of rotatable bonds is 4. The van der Waals surface area contributed by atoms with E-state index in [2.05, 4.69) is 29.8 Å². The lowest BCUT2D eigenvalue weighted by Crippen LogP contribution is -2.38. The predicted octanol–water partition coefficient (Wildman–Crippen LogP) is 2.06. The van der Waals surface area contributed by atoms with Crippen LogP contribution in [0.5, 0.6) is 0 Å². The van der Waals surface area contributed by atoms with Crippen LogP contribution in [0, 0.1) is 11.3 Å². The zero-order valence-corrected chi connectivity index (χ0v) is 11.8. The molecule has 2 N–H and O–H groups in total. The molecule has 2 rings (SSSR count). The number of anilines is 2. The lowest BCUT2D eigenvalue weighted by molar-refractivity contribution is 0.270. The molecule has 4 heteroatoms. The monoisotopic (exact) mass is 258 g/mol. The summed E-state index contributed by atoms with van der Waals surface area (Å²) in [4.78, 5) is 4.76. The van der Waals surface area contributed by atoms with Gasteiger partial charge in [0, 0.05) is 25.3 Å². The molecule has 1 aliphatic heterocycles. The second kappa shape index (κ2) is 5.94. The number of nitriles is 1. The number of hydrogen-bond acceptors (Lipinski definition) is 4. The number of likely N-dealkylation sites (N-methyl/N-ethyl adjacent to an activating group) is 2. The third-order valence-electron chi connectivity index (χ3n) is 3.99. The molecule has 1 unspecified atom stereocenters. The van der Waals surface area contributed by atoms with E-state index in [4.69, 9.17) is 11.0 Å². The Hall–Kier alpha value is -1.73. The maximum atomic E-state index is 8.89. The summed E-state index contributed by atoms with van der Waals surface area (Å²) in [6.07, 6.45) is 2.56. The molecule has 0 aromatic heterocycles. The third kappa shape index (κ3) is 2.99. The molecule has 19 heavy (non-hydrogen) atoms. The van der Waals surface area contributed by atoms with Gasteiger partial charge in [-0.05, 0) is 44.1 Å². The van der Waals surface area contributed by atoms with Gasteiger partial charge in [0.1, 0.15) is 6.07 Å². The summed E-state index contributed by atoms with van der Waals surface area (Å²) >= 11 is 0. The molecule has 0 spiro atoms. The molecule has 0 radical (unpaired) electrons. The van der Waals surface area contributed by atoms with Crippen LogP contribution in [-0.4, -0.2) is 37.6 Å². The zero-order valence-electron chi connectivity index (χ0n) is 11.8. The van der Waals surface area contributed by atoms with E-state index >= 15 is 0 Å². The standard InChI is InChI=1S/C15H22N4/c1-3-19-8-4-5-14(19)11-18(2)13-7-6-12(10-16)15(17)9-13/h6-7,9,14H,3-5,8,11,17H2,1-2H3. The number of nitrogens with two attached hydrogens (primary N) is 1. The number of nitrogens with zero attached hydrogens (tertiary/aromatic N) is 3. The average molecular weight is 258 g/mol. The summed E-state index contributed by atoms with van der Waals surface area (Å²) in [6, 6.07) is 8.39. The first-order valence-corrected chi connectivity index (χ1v) is 6.90. The van der Waals surface area contributed by atoms with Crippen LogP contribution in [0.15, 0.2) is 18.2 Å². The quantitative estimate of drug-likeness (QED) is 0.840. The van der Waals surface area contributed by atoms with E-state index in [-0.39, 0.29) is 0 Å². The Balaban J connectivity index is 2.06. The van der Waals surface area contributed by atoms with Gasteiger partial charge in [-0.2, -0.15) is 5.26 Å². The van der Waals surface area contributed by atoms with Crippen LogP contribution in [0.25, 0.3) is 0 Å². The van der Waals surface area contributed by atoms with Gasteiger partial charge in [-0.3, -0.25) is 4.90 Å². The van der Waals surface area contributed by atoms with Gasteiger partial charge < -0.3 is 10.6 Å². The molecule has 1 fully saturated rings. The van der Waals surface area contributed by atoms with Crippen LogP contribution in [0.4, 0.5) is 11.4 Å². The van der Waals surface area contributed by atoms with Gasteiger partial charge in [-0.15, -0.1) is 0 Å². The van der Waals surface area contributed by atoms with E-state index in [9.17, 15) is 0 Å². The summed E-state index contributed by atoms with van der Waals surface area (Å²) in [5.41, 5.74) is 8.06. The highest BCUT2D eigenvalue weighted by atomic mass is 15.2. The lowest BCUT2D eigenvalue weighted by Gasteiger charge is -2.29. The Bertz CT molecular complexity index is 478. The predicted molar refractivity (Wildman–Crippen MR) is 79.1 cm³/mol. The fraction of sp³-hybridized carbons (Fsp3) is 0.533. The molecule has 1 aromatic rings. The molecule has 0 saturated carbocycles. The Morgan fingerprint density at radius 2 is 2.32 bits per heavy atom. The van der Waals surface area contributed by atoms with Crippen LogP contribution < -0.4 is 10.6 Å². The van der Waals surface area contributed by atoms with Crippen LogP contribution in [0.3, 0.4) is 0 Å². The van der Waals surface area contributed by atoms with Crippen molar-refractivity contribution in [2.75, 3.05) is 37.3 Å². The van der Waals surface area contributed by atoms with Gasteiger partial charge in [-0.25, -0.2) is 0 Å². The highest BCUT2D eigenvalue weighted by Gasteiger charge is 2.24. The molecular weight excluding hydrogens is 236 g/mol. The fourth-order valence-corrected chi connectivity index (χ4v) is 2.83. The zero-order chi connectivity index (χ0) is 13.8. The van der Waals surface area contributed by atoms with Crippen molar-refractivity contribution in [2.24, 2.45) is 0 Å². The molecular formula is C15H22N4. The number of likely N-dealkylation sites (tertiary alicyclic amines) is 1. The van der Waals surface area contributed by atoms with Crippen LogP contribution in [-0.2, 0) is 0 Å². The van der Waals surface area contributed by atoms with E-state index in [0.717, 1.165) is 18.8 Å². The molecule has 102 valence electrons. The van der Waals surface area contributed by atoms with Gasteiger partial charge in [0.2, 0.25) is 0 Å². The van der Waals surface area contributed by atoms with Crippen LogP contribution in [0.1, 0.15) is 25.3 Å². The van der Waals surface area contributed by atoms with E-state index in [1.165, 1.54) is 19.4 Å². The molecule has 1 heterocycles. The topological polar surface area (TPSA) is 56.3 Å². The summed E-state index contributed by atoms with van der Waals surface area (Å²) in [7, 11) is 2.09. The molecule has 0 bridgehead atoms. The van der Waals surface area contributed by atoms with Crippen molar-refractivity contribution in [3.8, 4) is 6.07 Å². The molecule has 4 nitrogen and oxygen atoms in total. The summed E-state index contributed by atoms with van der Waals surface area (Å²) in [5.74, 6) is 0. The SMILES string of the molecule is CCN1CCCC1CN(C)c1ccc(C#N)c(N)c1. The molecule has 0 amide bonds. The van der Waals surface area contributed by atoms with Gasteiger partial charge >= 0.3 is 0 Å². The Morgan fingerprint density at radius 1 is 1.53 bits per heavy atom. The smallest absolute Gasteiger partial charge is 0.101 e. The van der Waals surface area contributed by atoms with Gasteiger partial charge in [0.25, 0.3) is 0 Å². The largest absolute Gasteiger partial charge is 0.398 e. The summed E-state index contributed by atoms with van der Waals surface area (Å²) in [6.45, 7) is 5.57. The summed E-state index contributed by atoms with van der Waals surface area (Å²) in [5, 5.41) is 8.89. The highest BCUT2D eigenvalue weighted by molar-refractivity contribution is 5.63. The molecule has 0 aliphatic carbocycles. The Morgan fingerprint density at radius 3 is 2.95 bits per heavy atom. The van der Waals surface area contributed by atoms with Crippen molar-refractivity contribution in [2.45, 2.75) is 25.8 Å². The minimum atomic E-state index is 0.549. The van der Waals surface area contributed by atoms with Crippen molar-refractivity contribution in [1.82, 2.24) is 4.90 Å². The van der Waals surface area contributed by atoms with Crippen LogP contribution >= 0.6 is 0 Å². The van der Waals surface area contributed by atoms with E-state index in [0.29, 0.717) is 17.3 Å². The first-order valence-electron chi connectivity index (χ1n) is 6.90. The fourth-order valence-electron chi connectivity index (χ4n) is 2.83. The maximum Gasteiger partial charge on any atom is 0.101 e. The van der Waals surface area contributed by atoms with Crippen molar-refractivity contribution in [3.63, 3.8) is 0 Å². The normalized spacial score (nSPS) is 19.3. The van der Waals surface area contributed by atoms with E-state index < -0.39 is 0 Å². The van der Waals surface area contributed by atoms with Gasteiger partial charge in [0.05, 0.1) is 11.3 Å². The average Bonchev–Trinajstić information content (AvgIpc) is 2.85.